The summed E-state index contributed by atoms with van der Waals surface area (Å²) in [5, 5.41) is 9.80. The molecule has 0 radical (unpaired) electrons. The van der Waals surface area contributed by atoms with Gasteiger partial charge in [-0.25, -0.2) is 9.59 Å². The van der Waals surface area contributed by atoms with Crippen molar-refractivity contribution in [2.75, 3.05) is 6.61 Å². The number of carbonyl (C=O) groups excluding carboxylic acids is 1. The van der Waals surface area contributed by atoms with Gasteiger partial charge in [0.2, 0.25) is 0 Å². The average molecular weight is 349 g/mol. The van der Waals surface area contributed by atoms with E-state index in [1.165, 1.54) is 4.90 Å². The van der Waals surface area contributed by atoms with Crippen LogP contribution in [0.2, 0.25) is 0 Å². The highest BCUT2D eigenvalue weighted by molar-refractivity contribution is 5.82. The van der Waals surface area contributed by atoms with Crippen molar-refractivity contribution in [3.05, 3.63) is 29.8 Å². The Morgan fingerprint density at radius 1 is 1.32 bits per heavy atom. The summed E-state index contributed by atoms with van der Waals surface area (Å²) in [4.78, 5) is 26.0. The molecule has 1 amide bonds. The Balaban J connectivity index is 2.31. The lowest BCUT2D eigenvalue weighted by Crippen LogP contribution is -2.43. The molecule has 6 nitrogen and oxygen atoms in total. The van der Waals surface area contributed by atoms with E-state index in [0.717, 1.165) is 19.3 Å². The number of hydrogen-bond acceptors (Lipinski definition) is 4. The number of hydrogen-bond donors (Lipinski definition) is 1. The van der Waals surface area contributed by atoms with Gasteiger partial charge in [0, 0.05) is 6.04 Å². The predicted octanol–water partition coefficient (Wildman–Crippen LogP) is 4.00. The Kier molecular flexibility index (Phi) is 5.93. The lowest BCUT2D eigenvalue weighted by molar-refractivity contribution is -0.143. The largest absolute Gasteiger partial charge is 0.494 e. The van der Waals surface area contributed by atoms with Gasteiger partial charge in [0.15, 0.2) is 6.04 Å². The van der Waals surface area contributed by atoms with Crippen LogP contribution in [0.3, 0.4) is 0 Å². The van der Waals surface area contributed by atoms with Gasteiger partial charge in [-0.1, -0.05) is 19.1 Å². The quantitative estimate of drug-likeness (QED) is 0.805. The Hall–Kier alpha value is -2.24. The van der Waals surface area contributed by atoms with Gasteiger partial charge in [0.05, 0.1) is 6.61 Å². The van der Waals surface area contributed by atoms with Crippen LogP contribution in [0.1, 0.15) is 58.6 Å². The molecule has 6 heteroatoms. The van der Waals surface area contributed by atoms with E-state index in [4.69, 9.17) is 9.47 Å². The maximum Gasteiger partial charge on any atom is 0.411 e. The summed E-state index contributed by atoms with van der Waals surface area (Å²) >= 11 is 0. The van der Waals surface area contributed by atoms with E-state index in [0.29, 0.717) is 17.9 Å². The van der Waals surface area contributed by atoms with E-state index in [1.54, 1.807) is 45.0 Å². The van der Waals surface area contributed by atoms with Gasteiger partial charge in [-0.2, -0.15) is 0 Å². The Morgan fingerprint density at radius 2 is 2.00 bits per heavy atom. The molecule has 1 saturated carbocycles. The Labute approximate surface area is 148 Å². The smallest absolute Gasteiger partial charge is 0.411 e. The SMILES string of the molecule is CCCOc1cccc(C(C(=O)O)N(C(=O)OC(C)(C)C)C2CC2)c1. The molecule has 1 aliphatic carbocycles. The summed E-state index contributed by atoms with van der Waals surface area (Å²) < 4.78 is 11.0. The van der Waals surface area contributed by atoms with Gasteiger partial charge in [-0.3, -0.25) is 4.90 Å². The molecule has 2 rings (SSSR count). The third-order valence-corrected chi connectivity index (χ3v) is 3.70. The first kappa shape index (κ1) is 19.1. The summed E-state index contributed by atoms with van der Waals surface area (Å²) in [5.74, 6) is -0.476. The highest BCUT2D eigenvalue weighted by Gasteiger charge is 2.43. The van der Waals surface area contributed by atoms with Gasteiger partial charge >= 0.3 is 12.1 Å². The second kappa shape index (κ2) is 7.76. The van der Waals surface area contributed by atoms with Crippen LogP contribution in [0.25, 0.3) is 0 Å². The zero-order chi connectivity index (χ0) is 18.6. The fourth-order valence-corrected chi connectivity index (χ4v) is 2.55. The van der Waals surface area contributed by atoms with Gasteiger partial charge < -0.3 is 14.6 Å². The van der Waals surface area contributed by atoms with Gasteiger partial charge in [0.1, 0.15) is 11.4 Å². The van der Waals surface area contributed by atoms with Gasteiger partial charge in [-0.05, 0) is 57.7 Å². The number of nitrogens with zero attached hydrogens (tertiary/aromatic N) is 1. The highest BCUT2D eigenvalue weighted by atomic mass is 16.6. The summed E-state index contributed by atoms with van der Waals surface area (Å²) in [6, 6.07) is 5.73. The first-order chi connectivity index (χ1) is 11.7. The van der Waals surface area contributed by atoms with Crippen LogP contribution in [0.5, 0.6) is 5.75 Å². The standard InChI is InChI=1S/C19H27NO5/c1-5-11-24-15-8-6-7-13(12-15)16(17(21)22)20(14-9-10-14)18(23)25-19(2,3)4/h6-8,12,14,16H,5,9-11H2,1-4H3,(H,21,22). The molecule has 0 aliphatic heterocycles. The maximum absolute atomic E-state index is 12.6. The van der Waals surface area contributed by atoms with Crippen molar-refractivity contribution in [1.29, 1.82) is 0 Å². The fraction of sp³-hybridized carbons (Fsp3) is 0.579. The van der Waals surface area contributed by atoms with Gasteiger partial charge in [-0.15, -0.1) is 0 Å². The second-order valence-corrected chi connectivity index (χ2v) is 7.28. The van der Waals surface area contributed by atoms with Crippen molar-refractivity contribution in [2.45, 2.75) is 64.6 Å². The Morgan fingerprint density at radius 3 is 2.52 bits per heavy atom. The number of rotatable bonds is 7. The summed E-state index contributed by atoms with van der Waals surface area (Å²) in [6.45, 7) is 7.86. The summed E-state index contributed by atoms with van der Waals surface area (Å²) in [5.41, 5.74) is -0.168. The first-order valence-electron chi connectivity index (χ1n) is 8.70. The second-order valence-electron chi connectivity index (χ2n) is 7.28. The molecule has 0 aromatic heterocycles. The fourth-order valence-electron chi connectivity index (χ4n) is 2.55. The van der Waals surface area contributed by atoms with Crippen LogP contribution in [-0.2, 0) is 9.53 Å². The summed E-state index contributed by atoms with van der Waals surface area (Å²) in [6.07, 6.45) is 1.84. The van der Waals surface area contributed by atoms with E-state index >= 15 is 0 Å². The topological polar surface area (TPSA) is 76.1 Å². The Bertz CT molecular complexity index is 618. The van der Waals surface area contributed by atoms with Gasteiger partial charge in [0.25, 0.3) is 0 Å². The zero-order valence-electron chi connectivity index (χ0n) is 15.3. The number of benzene rings is 1. The van der Waals surface area contributed by atoms with Crippen molar-refractivity contribution in [3.8, 4) is 5.75 Å². The summed E-state index contributed by atoms with van der Waals surface area (Å²) in [7, 11) is 0. The minimum Gasteiger partial charge on any atom is -0.494 e. The molecule has 1 aliphatic rings. The molecule has 25 heavy (non-hydrogen) atoms. The van der Waals surface area contributed by atoms with Crippen LogP contribution in [0, 0.1) is 0 Å². The molecule has 1 unspecified atom stereocenters. The minimum atomic E-state index is -1.09. The molecule has 1 aromatic rings. The predicted molar refractivity (Wildman–Crippen MR) is 93.7 cm³/mol. The molecule has 1 aromatic carbocycles. The van der Waals surface area contributed by atoms with Crippen molar-refractivity contribution in [3.63, 3.8) is 0 Å². The molecule has 0 bridgehead atoms. The third-order valence-electron chi connectivity index (χ3n) is 3.70. The number of carbonyl (C=O) groups is 2. The normalized spacial score (nSPS) is 15.4. The maximum atomic E-state index is 12.6. The minimum absolute atomic E-state index is 0.101. The van der Waals surface area contributed by atoms with Crippen molar-refractivity contribution in [1.82, 2.24) is 4.90 Å². The van der Waals surface area contributed by atoms with Crippen LogP contribution in [-0.4, -0.2) is 40.3 Å². The highest BCUT2D eigenvalue weighted by Crippen LogP contribution is 2.36. The molecular formula is C19H27NO5. The van der Waals surface area contributed by atoms with Crippen LogP contribution in [0.15, 0.2) is 24.3 Å². The monoisotopic (exact) mass is 349 g/mol. The molecule has 0 saturated heterocycles. The van der Waals surface area contributed by atoms with E-state index in [9.17, 15) is 14.7 Å². The first-order valence-corrected chi connectivity index (χ1v) is 8.70. The molecule has 0 heterocycles. The van der Waals surface area contributed by atoms with Crippen molar-refractivity contribution >= 4 is 12.1 Å². The number of amides is 1. The molecule has 138 valence electrons. The lowest BCUT2D eigenvalue weighted by atomic mass is 10.0. The average Bonchev–Trinajstić information content (AvgIpc) is 3.33. The number of ether oxygens (including phenoxy) is 2. The van der Waals surface area contributed by atoms with Crippen molar-refractivity contribution < 1.29 is 24.2 Å². The van der Waals surface area contributed by atoms with E-state index in [-0.39, 0.29) is 6.04 Å². The lowest BCUT2D eigenvalue weighted by Gasteiger charge is -2.32. The van der Waals surface area contributed by atoms with Crippen LogP contribution >= 0.6 is 0 Å². The van der Waals surface area contributed by atoms with E-state index in [1.807, 2.05) is 6.92 Å². The number of carboxylic acid groups (broad SMARTS) is 1. The van der Waals surface area contributed by atoms with Crippen LogP contribution < -0.4 is 4.74 Å². The molecular weight excluding hydrogens is 322 g/mol. The third kappa shape index (κ3) is 5.37. The molecule has 1 atom stereocenters. The molecule has 1 fully saturated rings. The van der Waals surface area contributed by atoms with E-state index < -0.39 is 23.7 Å². The molecule has 0 spiro atoms. The van der Waals surface area contributed by atoms with Crippen molar-refractivity contribution in [2.24, 2.45) is 0 Å². The van der Waals surface area contributed by atoms with Crippen LogP contribution in [0.4, 0.5) is 4.79 Å². The number of carboxylic acids is 1. The zero-order valence-corrected chi connectivity index (χ0v) is 15.3. The van der Waals surface area contributed by atoms with E-state index in [2.05, 4.69) is 0 Å². The number of aliphatic carboxylic acids is 1. The molecule has 1 N–H and O–H groups in total.